The van der Waals surface area contributed by atoms with Gasteiger partial charge in [-0.2, -0.15) is 5.10 Å². The van der Waals surface area contributed by atoms with Crippen molar-refractivity contribution < 1.29 is 78.0 Å². The van der Waals surface area contributed by atoms with E-state index in [-0.39, 0.29) is 79.3 Å². The van der Waals surface area contributed by atoms with Crippen molar-refractivity contribution in [2.45, 2.75) is 135 Å². The van der Waals surface area contributed by atoms with Crippen molar-refractivity contribution in [3.05, 3.63) is 130 Å². The molecule has 26 heteroatoms. The quantitative estimate of drug-likeness (QED) is 0.0211. The summed E-state index contributed by atoms with van der Waals surface area (Å²) in [4.78, 5) is 103. The summed E-state index contributed by atoms with van der Waals surface area (Å²) in [5, 5.41) is 62.8. The van der Waals surface area contributed by atoms with Crippen LogP contribution in [0.4, 0.5) is 15.7 Å². The number of carboxylic acids is 2. The second-order valence-electron chi connectivity index (χ2n) is 27.3. The molecule has 1 saturated heterocycles. The van der Waals surface area contributed by atoms with Crippen molar-refractivity contribution in [2.24, 2.45) is 22.2 Å². The molecule has 5 atom stereocenters. The number of rotatable bonds is 26. The zero-order valence-corrected chi connectivity index (χ0v) is 54.1. The maximum Gasteiger partial charge on any atom is 0.410 e. The number of carbonyl (C=O) groups excluding carboxylic acids is 5. The standard InChI is InChI=1S/C69H79N9O16S/c1-41-49(47-15-16-55(73-60(47)63(88)89)75-21-19-44-9-6-10-48(50(44)29-75)61(85)74-64-72-51-11-4-5-12-54(51)95-64)27-71-78(41)40-68-35-66(2)34-67(3,36-68)38-69(37-66,39-68)92-23-22-76(28-43(31-79)32-80)65(90)91-33-45-14-13-42(8-7-20-70-56(82)30-77-57(83)17-18-58(77)84)24-52(45)93-59-26-46(81)25-53(94-59)62(86)87/h4-6,9-18,24,27,43,46,53,59,79-81H,7-8,19-23,25-26,28-40H2,1-3H3,(H,70,82)(H,86,87)(H,88,89)(H,72,74,85)/t46-,53-,59+,66?,67?,68?,69?/m0/s1. The Balaban J connectivity index is 0.710. The molecule has 6 heterocycles. The first-order valence-corrected chi connectivity index (χ1v) is 33.0. The number of amides is 5. The van der Waals surface area contributed by atoms with Gasteiger partial charge in [0.15, 0.2) is 16.9 Å². The topological polar surface area (TPSA) is 335 Å². The fourth-order valence-electron chi connectivity index (χ4n) is 16.3. The zero-order chi connectivity index (χ0) is 67.0. The first-order valence-electron chi connectivity index (χ1n) is 32.2. The van der Waals surface area contributed by atoms with Crippen molar-refractivity contribution >= 4 is 74.2 Å². The Bertz CT molecular complexity index is 3930. The van der Waals surface area contributed by atoms with Crippen LogP contribution >= 0.6 is 11.3 Å². The summed E-state index contributed by atoms with van der Waals surface area (Å²) in [7, 11) is 0. The summed E-state index contributed by atoms with van der Waals surface area (Å²) >= 11 is 1.40. The Labute approximate surface area is 552 Å². The first-order chi connectivity index (χ1) is 45.5. The molecule has 502 valence electrons. The van der Waals surface area contributed by atoms with E-state index in [1.807, 2.05) is 59.0 Å². The number of ether oxygens (including phenoxy) is 4. The summed E-state index contributed by atoms with van der Waals surface area (Å²) in [5.41, 5.74) is 5.08. The smallest absolute Gasteiger partial charge is 0.410 e. The lowest BCUT2D eigenvalue weighted by atomic mass is 9.39. The highest BCUT2D eigenvalue weighted by atomic mass is 32.1. The molecule has 3 aromatic carbocycles. The summed E-state index contributed by atoms with van der Waals surface area (Å²) < 4.78 is 28.0. The van der Waals surface area contributed by atoms with Crippen LogP contribution in [0, 0.1) is 29.1 Å². The minimum absolute atomic E-state index is 0.0422. The molecule has 7 aliphatic rings. The number of benzene rings is 3. The van der Waals surface area contributed by atoms with E-state index in [2.05, 4.69) is 29.5 Å². The van der Waals surface area contributed by atoms with Gasteiger partial charge in [0.25, 0.3) is 17.7 Å². The van der Waals surface area contributed by atoms with Crippen LogP contribution in [0.1, 0.15) is 120 Å². The number of nitrogens with one attached hydrogen (secondary N) is 2. The molecule has 2 unspecified atom stereocenters. The molecule has 0 radical (unpaired) electrons. The van der Waals surface area contributed by atoms with Crippen LogP contribution in [0.2, 0.25) is 0 Å². The van der Waals surface area contributed by atoms with Crippen LogP contribution < -0.4 is 20.3 Å². The Kier molecular flexibility index (Phi) is 19.0. The molecule has 6 aromatic rings. The monoisotopic (exact) mass is 1320 g/mol. The number of aryl methyl sites for hydroxylation is 1. The van der Waals surface area contributed by atoms with Crippen LogP contribution in [-0.4, -0.2) is 173 Å². The van der Waals surface area contributed by atoms with E-state index in [1.165, 1.54) is 16.2 Å². The molecule has 4 bridgehead atoms. The van der Waals surface area contributed by atoms with Crippen LogP contribution in [0.3, 0.4) is 0 Å². The fourth-order valence-corrected chi connectivity index (χ4v) is 17.2. The number of carbonyl (C=O) groups is 7. The molecule has 13 rings (SSSR count). The molecule has 4 aliphatic carbocycles. The van der Waals surface area contributed by atoms with E-state index in [4.69, 9.17) is 29.0 Å². The van der Waals surface area contributed by atoms with Crippen molar-refractivity contribution in [3.63, 3.8) is 0 Å². The predicted octanol–water partition coefficient (Wildman–Crippen LogP) is 7.06. The third-order valence-electron chi connectivity index (χ3n) is 19.4. The van der Waals surface area contributed by atoms with Gasteiger partial charge in [0.05, 0.1) is 34.7 Å². The number of aromatic nitrogens is 4. The van der Waals surface area contributed by atoms with Crippen molar-refractivity contribution in [3.8, 4) is 16.9 Å². The van der Waals surface area contributed by atoms with Crippen molar-refractivity contribution in [1.82, 2.24) is 34.9 Å². The van der Waals surface area contributed by atoms with Gasteiger partial charge in [-0.3, -0.25) is 34.1 Å². The average molecular weight is 1320 g/mol. The number of aliphatic hydroxyl groups is 3. The lowest BCUT2D eigenvalue weighted by molar-refractivity contribution is -0.248. The summed E-state index contributed by atoms with van der Waals surface area (Å²) in [5.74, 6) is -4.41. The molecule has 5 amide bonds. The number of para-hydroxylation sites is 1. The van der Waals surface area contributed by atoms with E-state index in [9.17, 15) is 59.1 Å². The van der Waals surface area contributed by atoms with Gasteiger partial charge in [-0.05, 0) is 134 Å². The minimum Gasteiger partial charge on any atom is -0.479 e. The van der Waals surface area contributed by atoms with Gasteiger partial charge in [-0.1, -0.05) is 61.6 Å². The van der Waals surface area contributed by atoms with Crippen molar-refractivity contribution in [2.75, 3.05) is 62.8 Å². The minimum atomic E-state index is -1.34. The second-order valence-corrected chi connectivity index (χ2v) is 28.3. The summed E-state index contributed by atoms with van der Waals surface area (Å²) in [6.45, 7) is 6.81. The maximum atomic E-state index is 14.3. The van der Waals surface area contributed by atoms with Gasteiger partial charge < -0.3 is 59.6 Å². The zero-order valence-electron chi connectivity index (χ0n) is 53.3. The van der Waals surface area contributed by atoms with Crippen molar-refractivity contribution in [1.29, 1.82) is 0 Å². The number of thiazole rings is 1. The van der Waals surface area contributed by atoms with Crippen LogP contribution in [0.25, 0.3) is 21.3 Å². The second kappa shape index (κ2) is 27.2. The Morgan fingerprint density at radius 1 is 0.884 bits per heavy atom. The number of aromatic carboxylic acids is 1. The number of fused-ring (bicyclic) bond motifs is 2. The molecule has 3 aromatic heterocycles. The predicted molar refractivity (Wildman–Crippen MR) is 346 cm³/mol. The lowest BCUT2D eigenvalue weighted by Gasteiger charge is -2.69. The highest BCUT2D eigenvalue weighted by molar-refractivity contribution is 7.22. The highest BCUT2D eigenvalue weighted by Crippen LogP contribution is 2.72. The van der Waals surface area contributed by atoms with Crippen LogP contribution in [0.5, 0.6) is 5.75 Å². The number of pyridine rings is 1. The first kappa shape index (κ1) is 66.4. The average Bonchev–Trinajstić information content (AvgIpc) is 1.05. The van der Waals surface area contributed by atoms with E-state index in [0.29, 0.717) is 78.5 Å². The SMILES string of the molecule is Cc1c(-c2ccc(N3CCc4cccc(C(=O)Nc5nc6ccccc6s5)c4C3)nc2C(=O)O)cnn1CC12CC3(C)CC(C)(C1)CC(OCCN(CC(CO)CO)C(=O)OCc1ccc(CCCNC(=O)CN4C(=O)C=CC4=O)cc1O[C@H]1C[C@@H](O)C[C@@H](C(=O)O)O1)(C3)C2. The largest absolute Gasteiger partial charge is 0.479 e. The number of hydrogen-bond acceptors (Lipinski definition) is 19. The van der Waals surface area contributed by atoms with Gasteiger partial charge >= 0.3 is 18.0 Å². The molecule has 7 N–H and O–H groups in total. The molecule has 95 heavy (non-hydrogen) atoms. The highest BCUT2D eigenvalue weighted by Gasteiger charge is 2.66. The number of imide groups is 1. The van der Waals surface area contributed by atoms with E-state index in [0.717, 1.165) is 81.8 Å². The summed E-state index contributed by atoms with van der Waals surface area (Å²) in [6, 6.07) is 22.2. The van der Waals surface area contributed by atoms with Crippen LogP contribution in [-0.2, 0) is 65.9 Å². The van der Waals surface area contributed by atoms with E-state index >= 15 is 0 Å². The number of hydrogen-bond donors (Lipinski definition) is 7. The van der Waals surface area contributed by atoms with Gasteiger partial charge in [0, 0.05) is 111 Å². The Morgan fingerprint density at radius 3 is 2.39 bits per heavy atom. The number of aliphatic carboxylic acids is 1. The number of nitrogens with zero attached hydrogens (tertiary/aromatic N) is 7. The van der Waals surface area contributed by atoms with Gasteiger partial charge in [0.2, 0.25) is 12.2 Å². The van der Waals surface area contributed by atoms with E-state index in [1.54, 1.807) is 36.5 Å². The molecule has 3 aliphatic heterocycles. The normalized spacial score (nSPS) is 24.3. The molecule has 25 nitrogen and oxygen atoms in total. The molecule has 5 fully saturated rings. The summed E-state index contributed by atoms with van der Waals surface area (Å²) in [6.07, 6.45) is 6.07. The molecule has 0 spiro atoms. The fraction of sp³-hybridized carbons (Fsp3) is 0.478. The van der Waals surface area contributed by atoms with E-state index < -0.39 is 85.5 Å². The third kappa shape index (κ3) is 14.6. The third-order valence-corrected chi connectivity index (χ3v) is 20.4. The number of anilines is 2. The van der Waals surface area contributed by atoms with Gasteiger partial charge in [-0.25, -0.2) is 24.4 Å². The molecule has 4 saturated carbocycles. The molecular weight excluding hydrogens is 1240 g/mol. The Hall–Kier alpha value is -8.66. The van der Waals surface area contributed by atoms with Crippen LogP contribution in [0.15, 0.2) is 91.1 Å². The lowest BCUT2D eigenvalue weighted by Crippen LogP contribution is -2.64. The maximum absolute atomic E-state index is 14.3. The Morgan fingerprint density at radius 2 is 1.65 bits per heavy atom. The number of aliphatic hydroxyl groups excluding tert-OH is 3. The number of carboxylic acid groups (broad SMARTS) is 2. The van der Waals surface area contributed by atoms with Gasteiger partial charge in [-0.15, -0.1) is 0 Å². The van der Waals surface area contributed by atoms with Gasteiger partial charge in [0.1, 0.15) is 24.7 Å². The molecular formula is C69H79N9O16S.